The lowest BCUT2D eigenvalue weighted by molar-refractivity contribution is -0.0584. The second-order valence-electron chi connectivity index (χ2n) is 4.31. The number of rotatable bonds is 4. The molecule has 1 saturated heterocycles. The summed E-state index contributed by atoms with van der Waals surface area (Å²) in [6.45, 7) is 6.16. The summed E-state index contributed by atoms with van der Waals surface area (Å²) in [4.78, 5) is 0. The molecule has 5 heteroatoms. The van der Waals surface area contributed by atoms with Crippen molar-refractivity contribution in [1.82, 2.24) is 0 Å². The van der Waals surface area contributed by atoms with Gasteiger partial charge in [0, 0.05) is 5.41 Å². The summed E-state index contributed by atoms with van der Waals surface area (Å²) >= 11 is 0. The lowest BCUT2D eigenvalue weighted by Gasteiger charge is -2.42. The van der Waals surface area contributed by atoms with Crippen LogP contribution in [0.25, 0.3) is 0 Å². The van der Waals surface area contributed by atoms with Crippen molar-refractivity contribution < 1.29 is 17.8 Å². The van der Waals surface area contributed by atoms with E-state index in [0.29, 0.717) is 0 Å². The van der Waals surface area contributed by atoms with Crippen LogP contribution in [0, 0.1) is 5.41 Å². The summed E-state index contributed by atoms with van der Waals surface area (Å²) in [5.74, 6) is 0. The highest BCUT2D eigenvalue weighted by atomic mass is 31.2. The first-order chi connectivity index (χ1) is 6.96. The normalized spacial score (nSPS) is 35.3. The maximum absolute atomic E-state index is 13.1. The molecule has 2 atom stereocenters. The van der Waals surface area contributed by atoms with Crippen LogP contribution >= 0.6 is 7.91 Å². The van der Waals surface area contributed by atoms with E-state index >= 15 is 0 Å². The number of halogens is 1. The van der Waals surface area contributed by atoms with Crippen LogP contribution in [-0.4, -0.2) is 12.7 Å². The zero-order valence-corrected chi connectivity index (χ0v) is 10.6. The van der Waals surface area contributed by atoms with Crippen LogP contribution in [0.15, 0.2) is 0 Å². The van der Waals surface area contributed by atoms with Gasteiger partial charge in [-0.25, -0.2) is 4.57 Å². The predicted molar refractivity (Wildman–Crippen MR) is 57.5 cm³/mol. The van der Waals surface area contributed by atoms with Crippen molar-refractivity contribution in [2.45, 2.75) is 52.6 Å². The molecule has 0 bridgehead atoms. The number of hydrogen-bond acceptors (Lipinski definition) is 3. The zero-order chi connectivity index (χ0) is 11.5. The molecule has 90 valence electrons. The van der Waals surface area contributed by atoms with Crippen molar-refractivity contribution in [3.05, 3.63) is 0 Å². The van der Waals surface area contributed by atoms with Gasteiger partial charge in [0.05, 0.1) is 12.7 Å². The van der Waals surface area contributed by atoms with E-state index in [1.165, 1.54) is 0 Å². The first-order valence-electron chi connectivity index (χ1n) is 5.58. The lowest BCUT2D eigenvalue weighted by Crippen LogP contribution is -2.41. The summed E-state index contributed by atoms with van der Waals surface area (Å²) < 4.78 is 33.7. The Morgan fingerprint density at radius 2 is 1.93 bits per heavy atom. The molecule has 1 rings (SSSR count). The molecule has 1 aliphatic rings. The Kier molecular flexibility index (Phi) is 4.33. The average molecular weight is 238 g/mol. The topological polar surface area (TPSA) is 35.5 Å². The molecular weight excluding hydrogens is 218 g/mol. The highest BCUT2D eigenvalue weighted by molar-refractivity contribution is 7.48. The Labute approximate surface area is 91.0 Å². The SMILES string of the molecule is CCCC1(CCC)COP(=O)(F)OC1C. The van der Waals surface area contributed by atoms with Gasteiger partial charge in [0.1, 0.15) is 0 Å². The molecule has 1 heterocycles. The molecule has 1 fully saturated rings. The van der Waals surface area contributed by atoms with Gasteiger partial charge in [-0.15, -0.1) is 4.20 Å². The van der Waals surface area contributed by atoms with Crippen molar-refractivity contribution in [2.24, 2.45) is 5.41 Å². The third kappa shape index (κ3) is 3.02. The molecule has 0 aromatic heterocycles. The maximum atomic E-state index is 13.1. The average Bonchev–Trinajstić information content (AvgIpc) is 2.12. The van der Waals surface area contributed by atoms with E-state index in [-0.39, 0.29) is 18.1 Å². The van der Waals surface area contributed by atoms with E-state index in [1.807, 2.05) is 0 Å². The molecule has 0 aliphatic carbocycles. The molecule has 1 aliphatic heterocycles. The molecule has 3 nitrogen and oxygen atoms in total. The highest BCUT2D eigenvalue weighted by Gasteiger charge is 2.46. The highest BCUT2D eigenvalue weighted by Crippen LogP contribution is 2.59. The molecular formula is C10H20FO3P. The van der Waals surface area contributed by atoms with Gasteiger partial charge in [0.15, 0.2) is 0 Å². The van der Waals surface area contributed by atoms with Crippen LogP contribution in [0.1, 0.15) is 46.5 Å². The van der Waals surface area contributed by atoms with Gasteiger partial charge < -0.3 is 0 Å². The van der Waals surface area contributed by atoms with Gasteiger partial charge in [-0.2, -0.15) is 0 Å². The fourth-order valence-electron chi connectivity index (χ4n) is 2.33. The second kappa shape index (κ2) is 4.94. The van der Waals surface area contributed by atoms with Crippen LogP contribution < -0.4 is 0 Å². The van der Waals surface area contributed by atoms with E-state index in [1.54, 1.807) is 6.92 Å². The fourth-order valence-corrected chi connectivity index (χ4v) is 3.40. The summed E-state index contributed by atoms with van der Waals surface area (Å²) in [6.07, 6.45) is 3.49. The van der Waals surface area contributed by atoms with Crippen LogP contribution in [0.4, 0.5) is 4.20 Å². The standard InChI is InChI=1S/C10H20FO3P/c1-4-6-10(7-5-2)8-13-15(11,12)14-9(10)3/h9H,4-8H2,1-3H3. The molecule has 0 N–H and O–H groups in total. The lowest BCUT2D eigenvalue weighted by atomic mass is 9.76. The van der Waals surface area contributed by atoms with Crippen LogP contribution in [-0.2, 0) is 13.6 Å². The van der Waals surface area contributed by atoms with Crippen LogP contribution in [0.2, 0.25) is 0 Å². The van der Waals surface area contributed by atoms with Gasteiger partial charge in [-0.3, -0.25) is 9.05 Å². The molecule has 0 radical (unpaired) electrons. The Bertz CT molecular complexity index is 251. The van der Waals surface area contributed by atoms with Crippen molar-refractivity contribution in [2.75, 3.05) is 6.61 Å². The van der Waals surface area contributed by atoms with Gasteiger partial charge in [0.2, 0.25) is 0 Å². The van der Waals surface area contributed by atoms with Crippen molar-refractivity contribution in [1.29, 1.82) is 0 Å². The molecule has 0 aromatic carbocycles. The smallest absolute Gasteiger partial charge is 0.283 e. The second-order valence-corrected chi connectivity index (χ2v) is 5.64. The van der Waals surface area contributed by atoms with Gasteiger partial charge in [0.25, 0.3) is 0 Å². The summed E-state index contributed by atoms with van der Waals surface area (Å²) in [6, 6.07) is 0. The van der Waals surface area contributed by atoms with E-state index in [2.05, 4.69) is 13.8 Å². The van der Waals surface area contributed by atoms with Crippen LogP contribution in [0.5, 0.6) is 0 Å². The molecule has 0 amide bonds. The third-order valence-corrected chi connectivity index (χ3v) is 4.15. The minimum Gasteiger partial charge on any atom is -0.283 e. The maximum Gasteiger partial charge on any atom is 0.513 e. The van der Waals surface area contributed by atoms with Crippen molar-refractivity contribution in [3.63, 3.8) is 0 Å². The van der Waals surface area contributed by atoms with Gasteiger partial charge >= 0.3 is 7.91 Å². The molecule has 2 unspecified atom stereocenters. The first-order valence-corrected chi connectivity index (χ1v) is 7.02. The summed E-state index contributed by atoms with van der Waals surface area (Å²) in [5.41, 5.74) is -0.163. The fraction of sp³-hybridized carbons (Fsp3) is 1.00. The first kappa shape index (κ1) is 13.1. The van der Waals surface area contributed by atoms with Gasteiger partial charge in [-0.1, -0.05) is 26.7 Å². The monoisotopic (exact) mass is 238 g/mol. The van der Waals surface area contributed by atoms with E-state index in [0.717, 1.165) is 25.7 Å². The van der Waals surface area contributed by atoms with E-state index < -0.39 is 7.91 Å². The Balaban J connectivity index is 2.77. The number of hydrogen-bond donors (Lipinski definition) is 0. The predicted octanol–water partition coefficient (Wildman–Crippen LogP) is 4.09. The molecule has 0 spiro atoms. The Morgan fingerprint density at radius 1 is 1.40 bits per heavy atom. The minimum absolute atomic E-state index is 0.163. The Morgan fingerprint density at radius 3 is 2.33 bits per heavy atom. The van der Waals surface area contributed by atoms with Crippen molar-refractivity contribution >= 4 is 7.91 Å². The van der Waals surface area contributed by atoms with E-state index in [9.17, 15) is 8.76 Å². The quantitative estimate of drug-likeness (QED) is 0.692. The Hall–Kier alpha value is 0.0800. The van der Waals surface area contributed by atoms with E-state index in [4.69, 9.17) is 9.05 Å². The largest absolute Gasteiger partial charge is 0.513 e. The zero-order valence-electron chi connectivity index (χ0n) is 9.66. The summed E-state index contributed by atoms with van der Waals surface area (Å²) in [7, 11) is -4.27. The molecule has 15 heavy (non-hydrogen) atoms. The van der Waals surface area contributed by atoms with Crippen molar-refractivity contribution in [3.8, 4) is 0 Å². The third-order valence-electron chi connectivity index (χ3n) is 3.15. The minimum atomic E-state index is -4.27. The van der Waals surface area contributed by atoms with Crippen LogP contribution in [0.3, 0.4) is 0 Å². The summed E-state index contributed by atoms with van der Waals surface area (Å²) in [5, 5.41) is 0. The van der Waals surface area contributed by atoms with Gasteiger partial charge in [-0.05, 0) is 19.8 Å². The molecule has 0 saturated carbocycles. The molecule has 0 aromatic rings.